The number of ether oxygens (including phenoxy) is 1. The molecule has 1 atom stereocenters. The summed E-state index contributed by atoms with van der Waals surface area (Å²) in [5, 5.41) is 13.5. The smallest absolute Gasteiger partial charge is 0.331 e. The monoisotopic (exact) mass is 396 g/mol. The number of carbonyl (C=O) groups is 3. The standard InChI is InChI=1S/C21H20N2O6/c1-15(24)18(13-16-7-3-2-4-8-16)22-20(25)14-29-21(26)12-11-17-9-5-6-10-19(17)23(27)28/h2-12,18H,13-14H2,1H3,(H,22,25)/b12-11+/t18-/m0/s1. The lowest BCUT2D eigenvalue weighted by molar-refractivity contribution is -0.385. The average Bonchev–Trinajstić information content (AvgIpc) is 2.71. The van der Waals surface area contributed by atoms with Gasteiger partial charge in [-0.1, -0.05) is 42.5 Å². The van der Waals surface area contributed by atoms with Crippen LogP contribution in [-0.2, 0) is 25.5 Å². The van der Waals surface area contributed by atoms with Crippen LogP contribution >= 0.6 is 0 Å². The maximum Gasteiger partial charge on any atom is 0.331 e. The fourth-order valence-corrected chi connectivity index (χ4v) is 2.52. The van der Waals surface area contributed by atoms with Crippen molar-refractivity contribution in [2.24, 2.45) is 0 Å². The predicted molar refractivity (Wildman–Crippen MR) is 106 cm³/mol. The summed E-state index contributed by atoms with van der Waals surface area (Å²) in [7, 11) is 0. The molecule has 0 bridgehead atoms. The molecule has 2 rings (SSSR count). The molecule has 0 aliphatic rings. The van der Waals surface area contributed by atoms with Crippen molar-refractivity contribution in [3.8, 4) is 0 Å². The summed E-state index contributed by atoms with van der Waals surface area (Å²) in [6.07, 6.45) is 2.57. The van der Waals surface area contributed by atoms with Crippen LogP contribution in [0, 0.1) is 10.1 Å². The number of Topliss-reactive ketones (excluding diaryl/α,β-unsaturated/α-hetero) is 1. The number of hydrogen-bond acceptors (Lipinski definition) is 6. The minimum absolute atomic E-state index is 0.153. The zero-order chi connectivity index (χ0) is 21.2. The lowest BCUT2D eigenvalue weighted by Gasteiger charge is -2.16. The Kier molecular flexibility index (Phi) is 7.78. The number of ketones is 1. The second kappa shape index (κ2) is 10.5. The van der Waals surface area contributed by atoms with Crippen LogP contribution in [0.5, 0.6) is 0 Å². The summed E-state index contributed by atoms with van der Waals surface area (Å²) in [5.41, 5.74) is 0.968. The summed E-state index contributed by atoms with van der Waals surface area (Å²) in [6.45, 7) is 0.800. The van der Waals surface area contributed by atoms with Gasteiger partial charge in [0.25, 0.3) is 11.6 Å². The first-order valence-electron chi connectivity index (χ1n) is 8.79. The topological polar surface area (TPSA) is 116 Å². The number of benzene rings is 2. The zero-order valence-electron chi connectivity index (χ0n) is 15.7. The molecule has 0 radical (unpaired) electrons. The zero-order valence-corrected chi connectivity index (χ0v) is 15.7. The van der Waals surface area contributed by atoms with Crippen LogP contribution in [0.2, 0.25) is 0 Å². The Morgan fingerprint density at radius 3 is 2.41 bits per heavy atom. The Bertz CT molecular complexity index is 924. The van der Waals surface area contributed by atoms with E-state index in [1.54, 1.807) is 6.07 Å². The van der Waals surface area contributed by atoms with Gasteiger partial charge in [0.2, 0.25) is 0 Å². The van der Waals surface area contributed by atoms with Crippen molar-refractivity contribution < 1.29 is 24.0 Å². The van der Waals surface area contributed by atoms with Gasteiger partial charge in [-0.3, -0.25) is 19.7 Å². The molecule has 8 heteroatoms. The Hall–Kier alpha value is -3.81. The van der Waals surface area contributed by atoms with Gasteiger partial charge in [0.15, 0.2) is 12.4 Å². The van der Waals surface area contributed by atoms with Crippen molar-refractivity contribution in [1.29, 1.82) is 0 Å². The molecule has 0 unspecified atom stereocenters. The van der Waals surface area contributed by atoms with E-state index in [0.29, 0.717) is 6.42 Å². The van der Waals surface area contributed by atoms with E-state index in [1.807, 2.05) is 30.3 Å². The molecule has 1 amide bonds. The van der Waals surface area contributed by atoms with Gasteiger partial charge >= 0.3 is 5.97 Å². The number of carbonyl (C=O) groups excluding carboxylic acids is 3. The Labute approximate surface area is 167 Å². The van der Waals surface area contributed by atoms with Gasteiger partial charge in [0.1, 0.15) is 0 Å². The number of esters is 1. The SMILES string of the molecule is CC(=O)[C@H](Cc1ccccc1)NC(=O)COC(=O)/C=C/c1ccccc1[N+](=O)[O-]. The van der Waals surface area contributed by atoms with E-state index in [4.69, 9.17) is 4.74 Å². The number of para-hydroxylation sites is 1. The van der Waals surface area contributed by atoms with E-state index < -0.39 is 29.4 Å². The number of rotatable bonds is 9. The van der Waals surface area contributed by atoms with E-state index in [2.05, 4.69) is 5.32 Å². The number of nitro groups is 1. The van der Waals surface area contributed by atoms with Crippen molar-refractivity contribution in [3.05, 3.63) is 81.9 Å². The molecule has 0 saturated carbocycles. The highest BCUT2D eigenvalue weighted by molar-refractivity contribution is 5.91. The normalized spacial score (nSPS) is 11.6. The first-order chi connectivity index (χ1) is 13.9. The van der Waals surface area contributed by atoms with Crippen LogP contribution in [0.4, 0.5) is 5.69 Å². The number of amides is 1. The van der Waals surface area contributed by atoms with Gasteiger partial charge in [0, 0.05) is 12.1 Å². The lowest BCUT2D eigenvalue weighted by atomic mass is 10.0. The number of nitrogens with one attached hydrogen (secondary N) is 1. The lowest BCUT2D eigenvalue weighted by Crippen LogP contribution is -2.43. The van der Waals surface area contributed by atoms with Crippen molar-refractivity contribution in [2.75, 3.05) is 6.61 Å². The second-order valence-electron chi connectivity index (χ2n) is 6.18. The minimum atomic E-state index is -0.833. The van der Waals surface area contributed by atoms with Crippen molar-refractivity contribution in [2.45, 2.75) is 19.4 Å². The predicted octanol–water partition coefficient (Wildman–Crippen LogP) is 2.47. The van der Waals surface area contributed by atoms with Gasteiger partial charge in [-0.15, -0.1) is 0 Å². The highest BCUT2D eigenvalue weighted by Crippen LogP contribution is 2.18. The highest BCUT2D eigenvalue weighted by Gasteiger charge is 2.18. The maximum atomic E-state index is 12.0. The molecule has 0 heterocycles. The molecular weight excluding hydrogens is 376 g/mol. The van der Waals surface area contributed by atoms with Crippen LogP contribution in [0.1, 0.15) is 18.1 Å². The molecule has 8 nitrogen and oxygen atoms in total. The first-order valence-corrected chi connectivity index (χ1v) is 8.79. The Morgan fingerprint density at radius 2 is 1.76 bits per heavy atom. The second-order valence-corrected chi connectivity index (χ2v) is 6.18. The molecule has 150 valence electrons. The van der Waals surface area contributed by atoms with Gasteiger partial charge in [-0.2, -0.15) is 0 Å². The third-order valence-corrected chi connectivity index (χ3v) is 3.99. The third-order valence-electron chi connectivity index (χ3n) is 3.99. The summed E-state index contributed by atoms with van der Waals surface area (Å²) < 4.78 is 4.84. The fraction of sp³-hybridized carbons (Fsp3) is 0.190. The van der Waals surface area contributed by atoms with Crippen molar-refractivity contribution in [1.82, 2.24) is 5.32 Å². The molecule has 2 aromatic rings. The van der Waals surface area contributed by atoms with E-state index in [9.17, 15) is 24.5 Å². The van der Waals surface area contributed by atoms with Gasteiger partial charge in [0.05, 0.1) is 16.5 Å². The van der Waals surface area contributed by atoms with E-state index in [0.717, 1.165) is 11.6 Å². The Balaban J connectivity index is 1.88. The maximum absolute atomic E-state index is 12.0. The minimum Gasteiger partial charge on any atom is -0.452 e. The fourth-order valence-electron chi connectivity index (χ4n) is 2.52. The largest absolute Gasteiger partial charge is 0.452 e. The molecular formula is C21H20N2O6. The molecule has 0 aliphatic heterocycles. The molecule has 0 aromatic heterocycles. The van der Waals surface area contributed by atoms with Gasteiger partial charge < -0.3 is 10.1 Å². The quantitative estimate of drug-likeness (QED) is 0.301. The van der Waals surface area contributed by atoms with Crippen LogP contribution in [0.25, 0.3) is 6.08 Å². The highest BCUT2D eigenvalue weighted by atomic mass is 16.6. The summed E-state index contributed by atoms with van der Waals surface area (Å²) in [5.74, 6) is -1.67. The van der Waals surface area contributed by atoms with E-state index in [1.165, 1.54) is 31.2 Å². The molecule has 29 heavy (non-hydrogen) atoms. The van der Waals surface area contributed by atoms with Crippen LogP contribution in [0.15, 0.2) is 60.7 Å². The van der Waals surface area contributed by atoms with Gasteiger partial charge in [-0.05, 0) is 31.1 Å². The summed E-state index contributed by atoms with van der Waals surface area (Å²) in [4.78, 5) is 46.0. The molecule has 0 spiro atoms. The first kappa shape index (κ1) is 21.5. The molecule has 2 aromatic carbocycles. The summed E-state index contributed by atoms with van der Waals surface area (Å²) >= 11 is 0. The Morgan fingerprint density at radius 1 is 1.10 bits per heavy atom. The molecule has 0 aliphatic carbocycles. The van der Waals surface area contributed by atoms with Crippen LogP contribution in [-0.4, -0.2) is 35.2 Å². The molecule has 1 N–H and O–H groups in total. The van der Waals surface area contributed by atoms with Crippen LogP contribution < -0.4 is 5.32 Å². The number of nitro benzene ring substituents is 1. The van der Waals surface area contributed by atoms with Crippen LogP contribution in [0.3, 0.4) is 0 Å². The van der Waals surface area contributed by atoms with E-state index >= 15 is 0 Å². The third kappa shape index (κ3) is 7.02. The number of nitrogens with zero attached hydrogens (tertiary/aromatic N) is 1. The average molecular weight is 396 g/mol. The molecule has 0 saturated heterocycles. The summed E-state index contributed by atoms with van der Waals surface area (Å²) in [6, 6.07) is 14.4. The van der Waals surface area contributed by atoms with Crippen molar-refractivity contribution in [3.63, 3.8) is 0 Å². The van der Waals surface area contributed by atoms with Crippen molar-refractivity contribution >= 4 is 29.4 Å². The van der Waals surface area contributed by atoms with E-state index in [-0.39, 0.29) is 17.0 Å². The van der Waals surface area contributed by atoms with Gasteiger partial charge in [-0.25, -0.2) is 4.79 Å². The number of hydrogen-bond donors (Lipinski definition) is 1. The molecule has 0 fully saturated rings.